The maximum atomic E-state index is 3.63. The standard InChI is InChI=1S/C13H21NS/c1-2-6-13(7-4-8-13)11-14-10-12-5-3-9-15-12/h3,5,9,14H,2,4,6-8,10-11H2,1H3. The van der Waals surface area contributed by atoms with Gasteiger partial charge in [0.2, 0.25) is 0 Å². The molecule has 0 amide bonds. The molecular weight excluding hydrogens is 202 g/mol. The molecule has 0 atom stereocenters. The van der Waals surface area contributed by atoms with Crippen LogP contribution < -0.4 is 5.32 Å². The molecule has 84 valence electrons. The van der Waals surface area contributed by atoms with Gasteiger partial charge < -0.3 is 5.32 Å². The van der Waals surface area contributed by atoms with E-state index in [0.717, 1.165) is 6.54 Å². The summed E-state index contributed by atoms with van der Waals surface area (Å²) in [7, 11) is 0. The molecule has 0 unspecified atom stereocenters. The molecule has 0 aliphatic heterocycles. The topological polar surface area (TPSA) is 12.0 Å². The fourth-order valence-electron chi connectivity index (χ4n) is 2.59. The van der Waals surface area contributed by atoms with E-state index in [1.54, 1.807) is 0 Å². The van der Waals surface area contributed by atoms with Crippen LogP contribution in [0.5, 0.6) is 0 Å². The van der Waals surface area contributed by atoms with Crippen LogP contribution in [0.25, 0.3) is 0 Å². The van der Waals surface area contributed by atoms with Crippen LogP contribution in [0, 0.1) is 5.41 Å². The summed E-state index contributed by atoms with van der Waals surface area (Å²) in [6.45, 7) is 4.58. The van der Waals surface area contributed by atoms with Gasteiger partial charge in [-0.3, -0.25) is 0 Å². The average molecular weight is 223 g/mol. The van der Waals surface area contributed by atoms with Crippen LogP contribution in [0.2, 0.25) is 0 Å². The Balaban J connectivity index is 1.72. The first-order valence-electron chi connectivity index (χ1n) is 6.08. The van der Waals surface area contributed by atoms with Crippen LogP contribution in [0.1, 0.15) is 43.9 Å². The van der Waals surface area contributed by atoms with Crippen LogP contribution in [0.15, 0.2) is 17.5 Å². The van der Waals surface area contributed by atoms with Gasteiger partial charge in [-0.2, -0.15) is 0 Å². The summed E-state index contributed by atoms with van der Waals surface area (Å²) in [5, 5.41) is 5.78. The lowest BCUT2D eigenvalue weighted by Gasteiger charge is -2.42. The Kier molecular flexibility index (Phi) is 3.81. The molecule has 2 rings (SSSR count). The van der Waals surface area contributed by atoms with Crippen molar-refractivity contribution in [2.45, 2.75) is 45.6 Å². The molecule has 15 heavy (non-hydrogen) atoms. The van der Waals surface area contributed by atoms with Crippen molar-refractivity contribution in [2.24, 2.45) is 5.41 Å². The summed E-state index contributed by atoms with van der Waals surface area (Å²) in [5.74, 6) is 0. The lowest BCUT2D eigenvalue weighted by Crippen LogP contribution is -2.39. The largest absolute Gasteiger partial charge is 0.311 e. The molecule has 1 aromatic heterocycles. The van der Waals surface area contributed by atoms with Crippen molar-refractivity contribution in [1.29, 1.82) is 0 Å². The van der Waals surface area contributed by atoms with E-state index in [1.165, 1.54) is 43.5 Å². The van der Waals surface area contributed by atoms with Crippen molar-refractivity contribution in [3.8, 4) is 0 Å². The first kappa shape index (κ1) is 11.2. The van der Waals surface area contributed by atoms with Crippen molar-refractivity contribution in [2.75, 3.05) is 6.54 Å². The normalized spacial score (nSPS) is 18.7. The Hall–Kier alpha value is -0.340. The number of hydrogen-bond acceptors (Lipinski definition) is 2. The fraction of sp³-hybridized carbons (Fsp3) is 0.692. The van der Waals surface area contributed by atoms with Gasteiger partial charge in [0, 0.05) is 18.0 Å². The molecule has 1 aliphatic carbocycles. The zero-order chi connectivity index (χ0) is 10.6. The second kappa shape index (κ2) is 5.13. The molecule has 1 N–H and O–H groups in total. The van der Waals surface area contributed by atoms with Crippen LogP contribution >= 0.6 is 11.3 Å². The monoisotopic (exact) mass is 223 g/mol. The van der Waals surface area contributed by atoms with E-state index >= 15 is 0 Å². The predicted octanol–water partition coefficient (Wildman–Crippen LogP) is 3.81. The van der Waals surface area contributed by atoms with Gasteiger partial charge in [0.25, 0.3) is 0 Å². The molecule has 0 aromatic carbocycles. The highest BCUT2D eigenvalue weighted by atomic mass is 32.1. The minimum absolute atomic E-state index is 0.659. The smallest absolute Gasteiger partial charge is 0.0299 e. The highest BCUT2D eigenvalue weighted by Crippen LogP contribution is 2.44. The number of rotatable bonds is 6. The summed E-state index contributed by atoms with van der Waals surface area (Å²) in [6, 6.07) is 4.35. The maximum Gasteiger partial charge on any atom is 0.0299 e. The summed E-state index contributed by atoms with van der Waals surface area (Å²) in [5.41, 5.74) is 0.659. The Morgan fingerprint density at radius 1 is 1.47 bits per heavy atom. The van der Waals surface area contributed by atoms with E-state index in [-0.39, 0.29) is 0 Å². The molecule has 0 saturated heterocycles. The average Bonchev–Trinajstić information content (AvgIpc) is 2.67. The van der Waals surface area contributed by atoms with Gasteiger partial charge in [0.05, 0.1) is 0 Å². The van der Waals surface area contributed by atoms with E-state index in [4.69, 9.17) is 0 Å². The third-order valence-electron chi connectivity index (χ3n) is 3.57. The quantitative estimate of drug-likeness (QED) is 0.773. The summed E-state index contributed by atoms with van der Waals surface area (Å²) >= 11 is 1.85. The van der Waals surface area contributed by atoms with Gasteiger partial charge >= 0.3 is 0 Å². The SMILES string of the molecule is CCCC1(CNCc2cccs2)CCC1. The first-order chi connectivity index (χ1) is 7.35. The molecule has 0 bridgehead atoms. The molecular formula is C13H21NS. The predicted molar refractivity (Wildman–Crippen MR) is 67.2 cm³/mol. The van der Waals surface area contributed by atoms with Gasteiger partial charge in [-0.1, -0.05) is 25.8 Å². The van der Waals surface area contributed by atoms with Crippen molar-refractivity contribution in [3.63, 3.8) is 0 Å². The molecule has 0 spiro atoms. The van der Waals surface area contributed by atoms with Gasteiger partial charge in [0.1, 0.15) is 0 Å². The van der Waals surface area contributed by atoms with Crippen LogP contribution in [0.4, 0.5) is 0 Å². The number of thiophene rings is 1. The number of nitrogens with one attached hydrogen (secondary N) is 1. The molecule has 2 heteroatoms. The van der Waals surface area contributed by atoms with E-state index in [1.807, 2.05) is 11.3 Å². The lowest BCUT2D eigenvalue weighted by atomic mass is 9.66. The first-order valence-corrected chi connectivity index (χ1v) is 6.96. The van der Waals surface area contributed by atoms with Crippen molar-refractivity contribution >= 4 is 11.3 Å². The molecule has 1 aliphatic rings. The Bertz CT molecular complexity index is 275. The van der Waals surface area contributed by atoms with E-state index in [0.29, 0.717) is 5.41 Å². The van der Waals surface area contributed by atoms with Crippen molar-refractivity contribution < 1.29 is 0 Å². The minimum Gasteiger partial charge on any atom is -0.311 e. The Morgan fingerprint density at radius 3 is 2.87 bits per heavy atom. The van der Waals surface area contributed by atoms with E-state index < -0.39 is 0 Å². The molecule has 1 fully saturated rings. The Morgan fingerprint density at radius 2 is 2.33 bits per heavy atom. The van der Waals surface area contributed by atoms with Gasteiger partial charge in [-0.05, 0) is 36.1 Å². The van der Waals surface area contributed by atoms with Crippen molar-refractivity contribution in [3.05, 3.63) is 22.4 Å². The second-order valence-electron chi connectivity index (χ2n) is 4.79. The fourth-order valence-corrected chi connectivity index (χ4v) is 3.26. The Labute approximate surface area is 96.9 Å². The van der Waals surface area contributed by atoms with Gasteiger partial charge in [-0.15, -0.1) is 11.3 Å². The highest BCUT2D eigenvalue weighted by molar-refractivity contribution is 7.09. The molecule has 1 heterocycles. The second-order valence-corrected chi connectivity index (χ2v) is 5.82. The van der Waals surface area contributed by atoms with Crippen LogP contribution in [0.3, 0.4) is 0 Å². The molecule has 1 nitrogen and oxygen atoms in total. The summed E-state index contributed by atoms with van der Waals surface area (Å²) in [6.07, 6.45) is 7.07. The maximum absolute atomic E-state index is 3.63. The van der Waals surface area contributed by atoms with E-state index in [9.17, 15) is 0 Å². The van der Waals surface area contributed by atoms with E-state index in [2.05, 4.69) is 29.8 Å². The zero-order valence-corrected chi connectivity index (χ0v) is 10.4. The summed E-state index contributed by atoms with van der Waals surface area (Å²) < 4.78 is 0. The summed E-state index contributed by atoms with van der Waals surface area (Å²) in [4.78, 5) is 1.46. The highest BCUT2D eigenvalue weighted by Gasteiger charge is 2.35. The van der Waals surface area contributed by atoms with Crippen LogP contribution in [-0.4, -0.2) is 6.54 Å². The third-order valence-corrected chi connectivity index (χ3v) is 4.45. The van der Waals surface area contributed by atoms with Crippen LogP contribution in [-0.2, 0) is 6.54 Å². The molecule has 0 radical (unpaired) electrons. The van der Waals surface area contributed by atoms with Gasteiger partial charge in [0.15, 0.2) is 0 Å². The van der Waals surface area contributed by atoms with Crippen molar-refractivity contribution in [1.82, 2.24) is 5.32 Å². The van der Waals surface area contributed by atoms with Gasteiger partial charge in [-0.25, -0.2) is 0 Å². The zero-order valence-electron chi connectivity index (χ0n) is 9.59. The lowest BCUT2D eigenvalue weighted by molar-refractivity contribution is 0.115. The molecule has 1 saturated carbocycles. The minimum atomic E-state index is 0.659. The third kappa shape index (κ3) is 2.82. The molecule has 1 aromatic rings. The number of hydrogen-bond donors (Lipinski definition) is 1.